The number of carbonyl (C=O) groups excluding carboxylic acids is 2. The number of ether oxygens (including phenoxy) is 3. The fraction of sp³-hybridized carbons (Fsp3) is 0.500. The van der Waals surface area contributed by atoms with E-state index in [1.54, 1.807) is 23.2 Å². The van der Waals surface area contributed by atoms with Crippen molar-refractivity contribution in [1.29, 1.82) is 0 Å². The predicted molar refractivity (Wildman–Crippen MR) is 178 cm³/mol. The third kappa shape index (κ3) is 6.46. The van der Waals surface area contributed by atoms with Crippen LogP contribution >= 0.6 is 0 Å². The van der Waals surface area contributed by atoms with Crippen LogP contribution in [0.1, 0.15) is 50.9 Å². The largest absolute Gasteiger partial charge is 0.469 e. The molecule has 254 valence electrons. The van der Waals surface area contributed by atoms with Gasteiger partial charge in [-0.3, -0.25) is 4.79 Å². The number of nitrogens with one attached hydrogen (secondary N) is 2. The molecule has 3 unspecified atom stereocenters. The monoisotopic (exact) mass is 660 g/mol. The van der Waals surface area contributed by atoms with Gasteiger partial charge in [0.25, 0.3) is 5.91 Å². The second-order valence-corrected chi connectivity index (χ2v) is 13.4. The molecule has 14 heteroatoms. The molecule has 13 nitrogen and oxygen atoms in total. The first-order valence-electron chi connectivity index (χ1n) is 16.6. The molecule has 3 aromatic rings. The Balaban J connectivity index is 1.15. The number of rotatable bonds is 6. The summed E-state index contributed by atoms with van der Waals surface area (Å²) in [6.45, 7) is 11.8. The Labute approximate surface area is 278 Å². The minimum atomic E-state index is -0.715. The Kier molecular flexibility index (Phi) is 8.54. The molecule has 0 spiro atoms. The van der Waals surface area contributed by atoms with Crippen molar-refractivity contribution >= 4 is 35.1 Å². The number of aromatic nitrogens is 3. The molecule has 3 fully saturated rings. The summed E-state index contributed by atoms with van der Waals surface area (Å²) in [4.78, 5) is 46.8. The number of likely N-dealkylation sites (N-methyl/N-ethyl adjacent to an activating group) is 1. The molecule has 2 bridgehead atoms. The van der Waals surface area contributed by atoms with Gasteiger partial charge in [-0.05, 0) is 64.8 Å². The van der Waals surface area contributed by atoms with Gasteiger partial charge in [0.15, 0.2) is 0 Å². The second kappa shape index (κ2) is 12.8. The van der Waals surface area contributed by atoms with Gasteiger partial charge in [-0.1, -0.05) is 6.07 Å². The first-order valence-corrected chi connectivity index (χ1v) is 16.6. The van der Waals surface area contributed by atoms with Crippen molar-refractivity contribution in [2.75, 3.05) is 66.4 Å². The number of urea groups is 1. The van der Waals surface area contributed by atoms with Crippen molar-refractivity contribution in [3.05, 3.63) is 47.9 Å². The molecule has 3 amide bonds. The van der Waals surface area contributed by atoms with E-state index < -0.39 is 17.4 Å². The predicted octanol–water partition coefficient (Wildman–Crippen LogP) is 4.55. The van der Waals surface area contributed by atoms with E-state index in [4.69, 9.17) is 24.2 Å². The number of morpholine rings is 2. The van der Waals surface area contributed by atoms with Crippen molar-refractivity contribution < 1.29 is 28.2 Å². The highest BCUT2D eigenvalue weighted by atomic mass is 19.1. The van der Waals surface area contributed by atoms with E-state index in [9.17, 15) is 9.59 Å². The standard InChI is InChI=1S/C34H41FN8O5/c1-5-41-19-34(3,4)48-30-28(31(41)44)29(39-32(40-30)42-16-23-8-9-24(17-42)47-23)21-6-10-26(25(35)14-21)38-33(45)37-22-7-11-27(36-15-22)43-12-13-46-18-20(43)2/h6-7,10-11,14-15,20,23-24H,5,8-9,12-13,16-19H2,1-4H3,(H2,37,38,45). The van der Waals surface area contributed by atoms with Gasteiger partial charge in [-0.25, -0.2) is 19.2 Å². The van der Waals surface area contributed by atoms with Crippen LogP contribution in [0.3, 0.4) is 0 Å². The highest BCUT2D eigenvalue weighted by Gasteiger charge is 2.39. The van der Waals surface area contributed by atoms with Gasteiger partial charge in [-0.2, -0.15) is 4.98 Å². The minimum absolute atomic E-state index is 0.0352. The van der Waals surface area contributed by atoms with Crippen molar-refractivity contribution in [3.63, 3.8) is 0 Å². The molecular weight excluding hydrogens is 619 g/mol. The summed E-state index contributed by atoms with van der Waals surface area (Å²) in [7, 11) is 0. The Hall–Kier alpha value is -4.56. The van der Waals surface area contributed by atoms with E-state index in [2.05, 4.69) is 32.3 Å². The first-order chi connectivity index (χ1) is 23.1. The fourth-order valence-corrected chi connectivity index (χ4v) is 6.81. The normalized spacial score (nSPS) is 23.3. The van der Waals surface area contributed by atoms with Crippen molar-refractivity contribution in [2.24, 2.45) is 0 Å². The smallest absolute Gasteiger partial charge is 0.323 e. The maximum atomic E-state index is 15.7. The average molecular weight is 661 g/mol. The van der Waals surface area contributed by atoms with Gasteiger partial charge in [0.05, 0.1) is 61.3 Å². The molecule has 0 aliphatic carbocycles. The molecule has 48 heavy (non-hydrogen) atoms. The summed E-state index contributed by atoms with van der Waals surface area (Å²) >= 11 is 0. The van der Waals surface area contributed by atoms with Gasteiger partial charge in [0.2, 0.25) is 11.8 Å². The number of hydrogen-bond acceptors (Lipinski definition) is 10. The van der Waals surface area contributed by atoms with Crippen LogP contribution in [0, 0.1) is 5.82 Å². The fourth-order valence-electron chi connectivity index (χ4n) is 6.81. The number of amides is 3. The Bertz CT molecular complexity index is 1690. The zero-order valence-electron chi connectivity index (χ0n) is 27.7. The van der Waals surface area contributed by atoms with Gasteiger partial charge < -0.3 is 39.5 Å². The number of carbonyl (C=O) groups is 2. The lowest BCUT2D eigenvalue weighted by Gasteiger charge is -2.34. The Morgan fingerprint density at radius 2 is 1.90 bits per heavy atom. The van der Waals surface area contributed by atoms with Crippen molar-refractivity contribution in [1.82, 2.24) is 19.9 Å². The summed E-state index contributed by atoms with van der Waals surface area (Å²) < 4.78 is 33.6. The summed E-state index contributed by atoms with van der Waals surface area (Å²) in [5.74, 6) is 0.392. The van der Waals surface area contributed by atoms with E-state index in [0.29, 0.717) is 56.6 Å². The second-order valence-electron chi connectivity index (χ2n) is 13.4. The maximum Gasteiger partial charge on any atom is 0.323 e. The average Bonchev–Trinajstić information content (AvgIpc) is 3.36. The topological polar surface area (TPSA) is 134 Å². The zero-order valence-corrected chi connectivity index (χ0v) is 27.7. The molecule has 0 radical (unpaired) electrons. The van der Waals surface area contributed by atoms with Crippen LogP contribution in [0.5, 0.6) is 5.88 Å². The number of anilines is 4. The van der Waals surface area contributed by atoms with Crippen LogP contribution in [0.15, 0.2) is 36.5 Å². The van der Waals surface area contributed by atoms with Crippen LogP contribution in [0.25, 0.3) is 11.3 Å². The zero-order chi connectivity index (χ0) is 33.6. The molecular formula is C34H41FN8O5. The lowest BCUT2D eigenvalue weighted by atomic mass is 10.0. The number of benzene rings is 1. The van der Waals surface area contributed by atoms with E-state index in [0.717, 1.165) is 25.2 Å². The minimum Gasteiger partial charge on any atom is -0.469 e. The van der Waals surface area contributed by atoms with Crippen LogP contribution in [-0.2, 0) is 9.47 Å². The van der Waals surface area contributed by atoms with Crippen LogP contribution in [0.4, 0.5) is 32.3 Å². The van der Waals surface area contributed by atoms with Gasteiger partial charge in [0.1, 0.15) is 22.8 Å². The Morgan fingerprint density at radius 1 is 1.10 bits per heavy atom. The molecule has 1 aromatic carbocycles. The third-order valence-electron chi connectivity index (χ3n) is 9.18. The maximum absolute atomic E-state index is 15.7. The summed E-state index contributed by atoms with van der Waals surface area (Å²) in [6, 6.07) is 7.51. The lowest BCUT2D eigenvalue weighted by Crippen LogP contribution is -2.44. The number of fused-ring (bicyclic) bond motifs is 3. The van der Waals surface area contributed by atoms with Crippen LogP contribution in [-0.4, -0.2) is 102 Å². The van der Waals surface area contributed by atoms with Gasteiger partial charge in [-0.15, -0.1) is 0 Å². The third-order valence-corrected chi connectivity index (χ3v) is 9.18. The van der Waals surface area contributed by atoms with E-state index in [1.165, 1.54) is 12.1 Å². The summed E-state index contributed by atoms with van der Waals surface area (Å²) in [5.41, 5.74) is 0.524. The number of pyridine rings is 1. The first kappa shape index (κ1) is 32.0. The molecule has 4 aliphatic heterocycles. The van der Waals surface area contributed by atoms with E-state index >= 15 is 4.39 Å². The van der Waals surface area contributed by atoms with Gasteiger partial charge >= 0.3 is 6.03 Å². The highest BCUT2D eigenvalue weighted by Crippen LogP contribution is 2.38. The molecule has 4 aliphatic rings. The molecule has 6 heterocycles. The molecule has 3 saturated heterocycles. The summed E-state index contributed by atoms with van der Waals surface area (Å²) in [5, 5.41) is 5.28. The van der Waals surface area contributed by atoms with E-state index in [-0.39, 0.29) is 47.0 Å². The summed E-state index contributed by atoms with van der Waals surface area (Å²) in [6.07, 6.45) is 3.67. The Morgan fingerprint density at radius 3 is 2.58 bits per heavy atom. The van der Waals surface area contributed by atoms with Crippen molar-refractivity contribution in [3.8, 4) is 17.1 Å². The van der Waals surface area contributed by atoms with E-state index in [1.807, 2.05) is 26.8 Å². The van der Waals surface area contributed by atoms with Crippen LogP contribution < -0.4 is 25.2 Å². The molecule has 7 rings (SSSR count). The molecule has 2 N–H and O–H groups in total. The molecule has 3 atom stereocenters. The quantitative estimate of drug-likeness (QED) is 0.388. The number of nitrogens with zero attached hydrogens (tertiary/aromatic N) is 6. The number of hydrogen-bond donors (Lipinski definition) is 2. The number of halogens is 1. The van der Waals surface area contributed by atoms with Crippen molar-refractivity contribution in [2.45, 2.75) is 64.4 Å². The molecule has 0 saturated carbocycles. The lowest BCUT2D eigenvalue weighted by molar-refractivity contribution is 0.0297. The van der Waals surface area contributed by atoms with Crippen LogP contribution in [0.2, 0.25) is 0 Å². The van der Waals surface area contributed by atoms with Gasteiger partial charge in [0, 0.05) is 31.7 Å². The highest BCUT2D eigenvalue weighted by molar-refractivity contribution is 6.03. The SMILES string of the molecule is CCN1CC(C)(C)Oc2nc(N3CC4CCC(C3)O4)nc(-c3ccc(NC(=O)Nc4ccc(N5CCOCC5C)nc4)c(F)c3)c2C1=O. The molecule has 2 aromatic heterocycles.